The SMILES string of the molecule is COc1nc(N)nc2c1sc(=O)n2[C@@H]1O[C@H](COC(=O)[C@@H](N)C(C)C)[C@@H](O)[C@H]1O. The molecule has 2 aromatic heterocycles. The molecule has 0 saturated carbocycles. The number of fused-ring (bicyclic) bond motifs is 1. The van der Waals surface area contributed by atoms with Crippen molar-refractivity contribution in [2.75, 3.05) is 19.5 Å². The molecular weight excluding hydrogens is 406 g/mol. The van der Waals surface area contributed by atoms with Crippen molar-refractivity contribution >= 4 is 33.6 Å². The Balaban J connectivity index is 1.86. The number of aliphatic hydroxyl groups excluding tert-OH is 2. The topological polar surface area (TPSA) is 185 Å². The zero-order valence-electron chi connectivity index (χ0n) is 16.0. The van der Waals surface area contributed by atoms with Gasteiger partial charge in [-0.3, -0.25) is 14.2 Å². The van der Waals surface area contributed by atoms with E-state index in [-0.39, 0.29) is 30.0 Å². The van der Waals surface area contributed by atoms with Crippen molar-refractivity contribution in [3.63, 3.8) is 0 Å². The smallest absolute Gasteiger partial charge is 0.323 e. The molecule has 13 heteroatoms. The van der Waals surface area contributed by atoms with Crippen molar-refractivity contribution in [3.05, 3.63) is 9.67 Å². The summed E-state index contributed by atoms with van der Waals surface area (Å²) in [5.74, 6) is -0.820. The lowest BCUT2D eigenvalue weighted by molar-refractivity contribution is -0.152. The zero-order chi connectivity index (χ0) is 21.5. The molecule has 5 atom stereocenters. The summed E-state index contributed by atoms with van der Waals surface area (Å²) in [6, 6.07) is -0.829. The summed E-state index contributed by atoms with van der Waals surface area (Å²) >= 11 is 0.783. The van der Waals surface area contributed by atoms with Crippen molar-refractivity contribution in [1.29, 1.82) is 0 Å². The van der Waals surface area contributed by atoms with Crippen LogP contribution in [0.1, 0.15) is 20.1 Å². The monoisotopic (exact) mass is 429 g/mol. The second-order valence-electron chi connectivity index (χ2n) is 6.93. The van der Waals surface area contributed by atoms with Gasteiger partial charge in [0.1, 0.15) is 35.7 Å². The van der Waals surface area contributed by atoms with Crippen LogP contribution in [0.2, 0.25) is 0 Å². The molecule has 1 saturated heterocycles. The molecule has 12 nitrogen and oxygen atoms in total. The molecule has 1 fully saturated rings. The normalized spacial score (nSPS) is 25.5. The Kier molecular flexibility index (Phi) is 6.05. The van der Waals surface area contributed by atoms with E-state index in [9.17, 15) is 19.8 Å². The van der Waals surface area contributed by atoms with Crippen LogP contribution in [0, 0.1) is 5.92 Å². The average Bonchev–Trinajstić information content (AvgIpc) is 3.14. The first kappa shape index (κ1) is 21.4. The van der Waals surface area contributed by atoms with Gasteiger partial charge < -0.3 is 35.9 Å². The van der Waals surface area contributed by atoms with E-state index in [1.54, 1.807) is 13.8 Å². The van der Waals surface area contributed by atoms with E-state index in [0.717, 1.165) is 15.9 Å². The van der Waals surface area contributed by atoms with Crippen LogP contribution in [0.25, 0.3) is 10.3 Å². The Hall–Kier alpha value is -2.32. The van der Waals surface area contributed by atoms with E-state index in [2.05, 4.69) is 9.97 Å². The standard InChI is InChI=1S/C16H23N5O7S/c1-5(2)7(17)14(24)27-4-6-8(22)9(23)13(28-6)21-11-10(29-16(21)25)12(26-3)20-15(18)19-11/h5-9,13,22-23H,4,17H2,1-3H3,(H2,18,19,20)/t6-,7+,8-,9-,13-/m1/s1. The lowest BCUT2D eigenvalue weighted by Crippen LogP contribution is -2.40. The minimum absolute atomic E-state index is 0.0973. The maximum Gasteiger partial charge on any atom is 0.323 e. The van der Waals surface area contributed by atoms with Crippen LogP contribution >= 0.6 is 11.3 Å². The predicted octanol–water partition coefficient (Wildman–Crippen LogP) is -1.41. The quantitative estimate of drug-likeness (QED) is 0.395. The lowest BCUT2D eigenvalue weighted by Gasteiger charge is -2.18. The Morgan fingerprint density at radius 2 is 2.03 bits per heavy atom. The van der Waals surface area contributed by atoms with Gasteiger partial charge in [0, 0.05) is 0 Å². The van der Waals surface area contributed by atoms with Crippen LogP contribution in [0.5, 0.6) is 5.88 Å². The first-order valence-corrected chi connectivity index (χ1v) is 9.63. The number of carbonyl (C=O) groups is 1. The van der Waals surface area contributed by atoms with Crippen molar-refractivity contribution in [2.24, 2.45) is 11.7 Å². The highest BCUT2D eigenvalue weighted by Gasteiger charge is 2.46. The Morgan fingerprint density at radius 1 is 1.34 bits per heavy atom. The predicted molar refractivity (Wildman–Crippen MR) is 102 cm³/mol. The molecule has 0 aliphatic carbocycles. The third kappa shape index (κ3) is 3.91. The van der Waals surface area contributed by atoms with E-state index < -0.39 is 41.4 Å². The van der Waals surface area contributed by atoms with Crippen LogP contribution in [-0.2, 0) is 14.3 Å². The molecule has 1 aliphatic rings. The third-order valence-electron chi connectivity index (χ3n) is 4.61. The number of anilines is 1. The van der Waals surface area contributed by atoms with Crippen molar-refractivity contribution in [1.82, 2.24) is 14.5 Å². The Bertz CT molecular complexity index is 961. The number of aliphatic hydroxyl groups is 2. The second-order valence-corrected chi connectivity index (χ2v) is 7.89. The first-order chi connectivity index (χ1) is 13.6. The molecule has 3 heterocycles. The van der Waals surface area contributed by atoms with Gasteiger partial charge in [-0.25, -0.2) is 0 Å². The maximum atomic E-state index is 12.5. The summed E-state index contributed by atoms with van der Waals surface area (Å²) < 4.78 is 17.2. The van der Waals surface area contributed by atoms with Crippen molar-refractivity contribution in [2.45, 2.75) is 44.4 Å². The van der Waals surface area contributed by atoms with Gasteiger partial charge in [-0.15, -0.1) is 0 Å². The van der Waals surface area contributed by atoms with Gasteiger partial charge in [-0.1, -0.05) is 25.2 Å². The molecule has 1 aliphatic heterocycles. The fraction of sp³-hybridized carbons (Fsp3) is 0.625. The van der Waals surface area contributed by atoms with Crippen molar-refractivity contribution in [3.8, 4) is 5.88 Å². The molecule has 6 N–H and O–H groups in total. The second kappa shape index (κ2) is 8.20. The molecule has 0 bridgehead atoms. The molecule has 0 radical (unpaired) electrons. The van der Waals surface area contributed by atoms with E-state index >= 15 is 0 Å². The maximum absolute atomic E-state index is 12.5. The molecular formula is C16H23N5O7S. The van der Waals surface area contributed by atoms with Gasteiger partial charge >= 0.3 is 10.8 Å². The first-order valence-electron chi connectivity index (χ1n) is 8.82. The van der Waals surface area contributed by atoms with E-state index in [0.29, 0.717) is 4.70 Å². The number of nitrogens with two attached hydrogens (primary N) is 2. The number of esters is 1. The summed E-state index contributed by atoms with van der Waals surface area (Å²) in [6.45, 7) is 3.19. The molecule has 0 spiro atoms. The van der Waals surface area contributed by atoms with E-state index in [1.165, 1.54) is 7.11 Å². The fourth-order valence-electron chi connectivity index (χ4n) is 2.89. The summed E-state index contributed by atoms with van der Waals surface area (Å²) in [5, 5.41) is 20.8. The molecule has 0 aromatic carbocycles. The highest BCUT2D eigenvalue weighted by molar-refractivity contribution is 7.16. The number of ether oxygens (including phenoxy) is 3. The van der Waals surface area contributed by atoms with Crippen molar-refractivity contribution < 1.29 is 29.2 Å². The Morgan fingerprint density at radius 3 is 2.66 bits per heavy atom. The molecule has 3 rings (SSSR count). The third-order valence-corrected chi connectivity index (χ3v) is 5.55. The minimum Gasteiger partial charge on any atom is -0.480 e. The summed E-state index contributed by atoms with van der Waals surface area (Å²) in [7, 11) is 1.37. The van der Waals surface area contributed by atoms with Crippen LogP contribution in [0.15, 0.2) is 4.79 Å². The minimum atomic E-state index is -1.48. The number of aromatic nitrogens is 3. The summed E-state index contributed by atoms with van der Waals surface area (Å²) in [5.41, 5.74) is 11.5. The lowest BCUT2D eigenvalue weighted by atomic mass is 10.1. The number of nitrogen functional groups attached to an aromatic ring is 1. The number of methoxy groups -OCH3 is 1. The molecule has 0 amide bonds. The van der Waals surface area contributed by atoms with Gasteiger partial charge in [-0.05, 0) is 5.92 Å². The van der Waals surface area contributed by atoms with Gasteiger partial charge in [0.05, 0.1) is 7.11 Å². The van der Waals surface area contributed by atoms with Gasteiger partial charge in [0.15, 0.2) is 11.9 Å². The molecule has 2 aromatic rings. The number of hydrogen-bond donors (Lipinski definition) is 4. The van der Waals surface area contributed by atoms with Crippen LogP contribution in [-0.4, -0.2) is 68.8 Å². The zero-order valence-corrected chi connectivity index (χ0v) is 16.8. The number of thiazole rings is 1. The average molecular weight is 429 g/mol. The number of nitrogens with zero attached hydrogens (tertiary/aromatic N) is 3. The molecule has 0 unspecified atom stereocenters. The largest absolute Gasteiger partial charge is 0.480 e. The van der Waals surface area contributed by atoms with Gasteiger partial charge in [0.25, 0.3) is 0 Å². The van der Waals surface area contributed by atoms with Crippen LogP contribution < -0.4 is 21.1 Å². The Labute approximate surface area is 169 Å². The molecule has 160 valence electrons. The summed E-state index contributed by atoms with van der Waals surface area (Å²) in [4.78, 5) is 31.9. The van der Waals surface area contributed by atoms with Crippen LogP contribution in [0.3, 0.4) is 0 Å². The summed E-state index contributed by atoms with van der Waals surface area (Å²) in [6.07, 6.45) is -5.23. The van der Waals surface area contributed by atoms with E-state index in [4.69, 9.17) is 25.7 Å². The molecule has 29 heavy (non-hydrogen) atoms. The number of hydrogen-bond acceptors (Lipinski definition) is 12. The van der Waals surface area contributed by atoms with Gasteiger partial charge in [-0.2, -0.15) is 9.97 Å². The highest BCUT2D eigenvalue weighted by atomic mass is 32.1. The highest BCUT2D eigenvalue weighted by Crippen LogP contribution is 2.34. The number of carbonyl (C=O) groups excluding carboxylic acids is 1. The van der Waals surface area contributed by atoms with E-state index in [1.807, 2.05) is 0 Å². The van der Waals surface area contributed by atoms with Crippen LogP contribution in [0.4, 0.5) is 5.95 Å². The number of rotatable bonds is 6. The fourth-order valence-corrected chi connectivity index (χ4v) is 3.80. The van der Waals surface area contributed by atoms with Gasteiger partial charge in [0.2, 0.25) is 11.8 Å².